The third kappa shape index (κ3) is 4.45. The number of nitrogens with zero attached hydrogens (tertiary/aromatic N) is 3. The van der Waals surface area contributed by atoms with E-state index in [0.29, 0.717) is 56.5 Å². The first-order valence-corrected chi connectivity index (χ1v) is 14.7. The van der Waals surface area contributed by atoms with E-state index in [1.807, 2.05) is 36.4 Å². The minimum atomic E-state index is -3.80. The van der Waals surface area contributed by atoms with Gasteiger partial charge in [0.1, 0.15) is 11.1 Å². The molecule has 3 aromatic rings. The van der Waals surface area contributed by atoms with E-state index in [1.165, 1.54) is 10.4 Å². The summed E-state index contributed by atoms with van der Waals surface area (Å²) >= 11 is 0. The van der Waals surface area contributed by atoms with Gasteiger partial charge in [0.2, 0.25) is 15.9 Å². The largest absolute Gasteiger partial charge is 0.381 e. The van der Waals surface area contributed by atoms with Crippen LogP contribution in [0.2, 0.25) is 0 Å². The molecule has 0 unspecified atom stereocenters. The van der Waals surface area contributed by atoms with Crippen LogP contribution in [0.25, 0.3) is 0 Å². The van der Waals surface area contributed by atoms with E-state index in [2.05, 4.69) is 11.1 Å². The van der Waals surface area contributed by atoms with Crippen molar-refractivity contribution in [2.75, 3.05) is 13.2 Å². The molecule has 9 heteroatoms. The third-order valence-corrected chi connectivity index (χ3v) is 10.4. The normalized spacial score (nSPS) is 25.1. The fraction of sp³-hybridized carbons (Fsp3) is 0.448. The fourth-order valence-corrected chi connectivity index (χ4v) is 7.84. The molecule has 198 valence electrons. The SMILES string of the molecule is C#C[C@H]1CC[C@H](c2ccccc2)S(=O)(=O)N1Cc1ccc(C2(c3nc(C4CC4)no3)CCOCC2)cc1F. The van der Waals surface area contributed by atoms with Crippen LogP contribution in [-0.4, -0.2) is 42.1 Å². The lowest BCUT2D eigenvalue weighted by atomic mass is 9.73. The van der Waals surface area contributed by atoms with Crippen LogP contribution in [0.4, 0.5) is 4.39 Å². The molecule has 0 radical (unpaired) electrons. The van der Waals surface area contributed by atoms with Gasteiger partial charge in [-0.2, -0.15) is 9.29 Å². The lowest BCUT2D eigenvalue weighted by Crippen LogP contribution is -2.45. The highest BCUT2D eigenvalue weighted by Crippen LogP contribution is 2.44. The minimum Gasteiger partial charge on any atom is -0.381 e. The molecule has 38 heavy (non-hydrogen) atoms. The minimum absolute atomic E-state index is 0.130. The Bertz CT molecular complexity index is 1460. The molecule has 3 heterocycles. The summed E-state index contributed by atoms with van der Waals surface area (Å²) < 4.78 is 55.7. The zero-order valence-corrected chi connectivity index (χ0v) is 21.9. The summed E-state index contributed by atoms with van der Waals surface area (Å²) in [5.41, 5.74) is 1.08. The summed E-state index contributed by atoms with van der Waals surface area (Å²) in [5, 5.41) is 3.49. The molecule has 2 saturated heterocycles. The second kappa shape index (κ2) is 9.92. The second-order valence-corrected chi connectivity index (χ2v) is 12.5. The molecule has 2 atom stereocenters. The maximum Gasteiger partial charge on any atom is 0.237 e. The molecule has 0 spiro atoms. The Balaban J connectivity index is 1.31. The highest BCUT2D eigenvalue weighted by atomic mass is 32.2. The zero-order valence-electron chi connectivity index (χ0n) is 21.1. The number of rotatable bonds is 6. The summed E-state index contributed by atoms with van der Waals surface area (Å²) in [6.45, 7) is 0.873. The van der Waals surface area contributed by atoms with E-state index in [9.17, 15) is 8.42 Å². The standard InChI is InChI=1S/C29H30FN3O4S/c1-2-24-12-13-26(20-6-4-3-5-7-20)38(34,35)33(24)19-22-10-11-23(18-25(22)30)29(14-16-36-17-15-29)28-31-27(32-37-28)21-8-9-21/h1,3-7,10-11,18,21,24,26H,8-9,12-17,19H2/t24-,26+/m0/s1. The average molecular weight is 536 g/mol. The third-order valence-electron chi connectivity index (χ3n) is 8.17. The first-order chi connectivity index (χ1) is 18.4. The Kier molecular flexibility index (Phi) is 6.58. The van der Waals surface area contributed by atoms with E-state index >= 15 is 4.39 Å². The maximum atomic E-state index is 15.7. The van der Waals surface area contributed by atoms with Crippen molar-refractivity contribution < 1.29 is 22.1 Å². The zero-order chi connectivity index (χ0) is 26.3. The molecule has 6 rings (SSSR count). The highest BCUT2D eigenvalue weighted by Gasteiger charge is 2.44. The molecular weight excluding hydrogens is 505 g/mol. The Morgan fingerprint density at radius 1 is 1.08 bits per heavy atom. The van der Waals surface area contributed by atoms with Gasteiger partial charge in [-0.05, 0) is 55.7 Å². The number of ether oxygens (including phenoxy) is 1. The van der Waals surface area contributed by atoms with Crippen molar-refractivity contribution in [2.45, 2.75) is 67.7 Å². The smallest absolute Gasteiger partial charge is 0.237 e. The number of halogens is 1. The lowest BCUT2D eigenvalue weighted by molar-refractivity contribution is 0.0522. The Hall–Kier alpha value is -3.06. The van der Waals surface area contributed by atoms with Gasteiger partial charge in [0.15, 0.2) is 5.82 Å². The number of hydrogen-bond donors (Lipinski definition) is 0. The van der Waals surface area contributed by atoms with Crippen LogP contribution in [-0.2, 0) is 26.7 Å². The molecule has 2 aliphatic heterocycles. The van der Waals surface area contributed by atoms with Gasteiger partial charge in [-0.25, -0.2) is 12.8 Å². The number of hydrogen-bond acceptors (Lipinski definition) is 6. The van der Waals surface area contributed by atoms with E-state index in [1.54, 1.807) is 6.07 Å². The topological polar surface area (TPSA) is 85.5 Å². The molecule has 3 fully saturated rings. The summed E-state index contributed by atoms with van der Waals surface area (Å²) in [6, 6.07) is 13.5. The van der Waals surface area contributed by atoms with Crippen LogP contribution in [0.15, 0.2) is 53.1 Å². The molecule has 0 bridgehead atoms. The average Bonchev–Trinajstić information content (AvgIpc) is 3.67. The summed E-state index contributed by atoms with van der Waals surface area (Å²) in [6.07, 6.45) is 9.98. The number of aromatic nitrogens is 2. The fourth-order valence-electron chi connectivity index (χ4n) is 5.74. The van der Waals surface area contributed by atoms with Crippen molar-refractivity contribution in [3.63, 3.8) is 0 Å². The van der Waals surface area contributed by atoms with Crippen LogP contribution < -0.4 is 0 Å². The van der Waals surface area contributed by atoms with Crippen LogP contribution in [0, 0.1) is 18.2 Å². The highest BCUT2D eigenvalue weighted by molar-refractivity contribution is 7.89. The summed E-state index contributed by atoms with van der Waals surface area (Å²) in [5.74, 6) is 3.68. The molecule has 1 aromatic heterocycles. The van der Waals surface area contributed by atoms with Gasteiger partial charge >= 0.3 is 0 Å². The quantitative estimate of drug-likeness (QED) is 0.420. The van der Waals surface area contributed by atoms with Gasteiger partial charge in [-0.15, -0.1) is 6.42 Å². The van der Waals surface area contributed by atoms with Crippen LogP contribution in [0.5, 0.6) is 0 Å². The number of benzene rings is 2. The van der Waals surface area contributed by atoms with Crippen molar-refractivity contribution in [1.29, 1.82) is 0 Å². The Morgan fingerprint density at radius 2 is 1.84 bits per heavy atom. The van der Waals surface area contributed by atoms with E-state index in [4.69, 9.17) is 20.7 Å². The van der Waals surface area contributed by atoms with Gasteiger partial charge in [0, 0.05) is 31.2 Å². The van der Waals surface area contributed by atoms with E-state index in [0.717, 1.165) is 24.0 Å². The molecule has 1 aliphatic carbocycles. The van der Waals surface area contributed by atoms with Gasteiger partial charge in [-0.3, -0.25) is 0 Å². The van der Waals surface area contributed by atoms with E-state index in [-0.39, 0.29) is 12.1 Å². The predicted molar refractivity (Wildman–Crippen MR) is 139 cm³/mol. The van der Waals surface area contributed by atoms with Crippen molar-refractivity contribution in [1.82, 2.24) is 14.4 Å². The first kappa shape index (κ1) is 25.2. The summed E-state index contributed by atoms with van der Waals surface area (Å²) in [7, 11) is -3.80. The summed E-state index contributed by atoms with van der Waals surface area (Å²) in [4.78, 5) is 4.70. The maximum absolute atomic E-state index is 15.7. The molecule has 0 amide bonds. The van der Waals surface area contributed by atoms with Gasteiger partial charge < -0.3 is 9.26 Å². The molecule has 2 aromatic carbocycles. The molecule has 1 saturated carbocycles. The van der Waals surface area contributed by atoms with Crippen molar-refractivity contribution in [3.05, 3.63) is 82.8 Å². The molecule has 7 nitrogen and oxygen atoms in total. The number of terminal acetylenes is 1. The van der Waals surface area contributed by atoms with Crippen molar-refractivity contribution in [2.24, 2.45) is 0 Å². The van der Waals surface area contributed by atoms with Gasteiger partial charge in [0.25, 0.3) is 0 Å². The van der Waals surface area contributed by atoms with E-state index < -0.39 is 32.5 Å². The van der Waals surface area contributed by atoms with Crippen molar-refractivity contribution >= 4 is 10.0 Å². The molecule has 3 aliphatic rings. The predicted octanol–water partition coefficient (Wildman–Crippen LogP) is 4.85. The van der Waals surface area contributed by atoms with Crippen molar-refractivity contribution in [3.8, 4) is 12.3 Å². The Morgan fingerprint density at radius 3 is 2.53 bits per heavy atom. The van der Waals surface area contributed by atoms with Crippen LogP contribution >= 0.6 is 0 Å². The monoisotopic (exact) mass is 535 g/mol. The lowest BCUT2D eigenvalue weighted by Gasteiger charge is -2.37. The van der Waals surface area contributed by atoms with Gasteiger partial charge in [0.05, 0.1) is 11.5 Å². The Labute approximate surface area is 222 Å². The van der Waals surface area contributed by atoms with Gasteiger partial charge in [-0.1, -0.05) is 53.5 Å². The molecule has 0 N–H and O–H groups in total. The molecular formula is C29H30FN3O4S. The first-order valence-electron chi connectivity index (χ1n) is 13.1. The van der Waals surface area contributed by atoms with Crippen LogP contribution in [0.3, 0.4) is 0 Å². The number of sulfonamides is 1. The van der Waals surface area contributed by atoms with Crippen LogP contribution in [0.1, 0.15) is 78.1 Å². The second-order valence-electron chi connectivity index (χ2n) is 10.5.